The molecule has 1 aliphatic rings. The summed E-state index contributed by atoms with van der Waals surface area (Å²) < 4.78 is 6.67. The Balaban J connectivity index is 1.43. The number of benzene rings is 2. The van der Waals surface area contributed by atoms with Crippen molar-refractivity contribution in [3.8, 4) is 16.9 Å². The van der Waals surface area contributed by atoms with Gasteiger partial charge in [-0.15, -0.1) is 19.9 Å². The van der Waals surface area contributed by atoms with Gasteiger partial charge in [-0.2, -0.15) is 0 Å². The predicted molar refractivity (Wildman–Crippen MR) is 148 cm³/mol. The molecule has 5 rings (SSSR count). The lowest BCUT2D eigenvalue weighted by atomic mass is 10.1. The zero-order valence-electron chi connectivity index (χ0n) is 19.4. The number of hydrogen-bond donors (Lipinski definition) is 2. The van der Waals surface area contributed by atoms with Crippen molar-refractivity contribution in [1.29, 1.82) is 0 Å². The third-order valence-corrected chi connectivity index (χ3v) is 7.91. The Morgan fingerprint density at radius 2 is 2.09 bits per heavy atom. The van der Waals surface area contributed by atoms with E-state index in [1.165, 1.54) is 24.1 Å². The molecule has 35 heavy (non-hydrogen) atoms. The topological polar surface area (TPSA) is 79.4 Å². The SMILES string of the molecule is C=CC(=O)Nc1cccc(-c2csc3cnc(Nc4ccc(N5CCPCC5)cc4OC)nc23)c1. The van der Waals surface area contributed by atoms with Gasteiger partial charge in [-0.3, -0.25) is 4.79 Å². The summed E-state index contributed by atoms with van der Waals surface area (Å²) in [6.07, 6.45) is 5.59. The standard InChI is InChI=1S/C26H26N5O2PS/c1-3-24(32)28-18-6-4-5-17(13-18)20-16-35-23-15-27-26(30-25(20)23)29-21-8-7-19(14-22(21)33-2)31-9-11-34-12-10-31/h3-8,13-16,34H,1,9-12H2,2H3,(H,28,32)(H,27,29,30). The second kappa shape index (κ2) is 10.4. The van der Waals surface area contributed by atoms with Crippen LogP contribution in [0.15, 0.2) is 66.7 Å². The van der Waals surface area contributed by atoms with Crippen molar-refractivity contribution < 1.29 is 9.53 Å². The number of nitrogens with zero attached hydrogens (tertiary/aromatic N) is 3. The second-order valence-corrected chi connectivity index (χ2v) is 10.5. The lowest BCUT2D eigenvalue weighted by Gasteiger charge is -2.29. The van der Waals surface area contributed by atoms with Gasteiger partial charge in [-0.1, -0.05) is 18.7 Å². The van der Waals surface area contributed by atoms with Crippen molar-refractivity contribution in [3.05, 3.63) is 66.7 Å². The van der Waals surface area contributed by atoms with Crippen molar-refractivity contribution in [2.24, 2.45) is 0 Å². The summed E-state index contributed by atoms with van der Waals surface area (Å²) in [4.78, 5) is 23.5. The van der Waals surface area contributed by atoms with E-state index in [-0.39, 0.29) is 5.91 Å². The van der Waals surface area contributed by atoms with Gasteiger partial charge in [0.05, 0.1) is 29.2 Å². The Bertz CT molecular complexity index is 1380. The van der Waals surface area contributed by atoms with E-state index in [2.05, 4.69) is 44.6 Å². The number of methoxy groups -OCH3 is 1. The van der Waals surface area contributed by atoms with Gasteiger partial charge >= 0.3 is 0 Å². The number of ether oxygens (including phenoxy) is 1. The molecule has 2 aromatic carbocycles. The zero-order valence-corrected chi connectivity index (χ0v) is 21.2. The summed E-state index contributed by atoms with van der Waals surface area (Å²) in [5, 5.41) is 8.20. The summed E-state index contributed by atoms with van der Waals surface area (Å²) >= 11 is 1.59. The fourth-order valence-electron chi connectivity index (χ4n) is 4.07. The Labute approximate surface area is 210 Å². The molecule has 0 bridgehead atoms. The minimum atomic E-state index is -0.244. The molecule has 0 atom stereocenters. The van der Waals surface area contributed by atoms with Crippen LogP contribution in [-0.4, -0.2) is 48.4 Å². The average molecular weight is 504 g/mol. The maximum absolute atomic E-state index is 11.7. The molecule has 2 aromatic heterocycles. The summed E-state index contributed by atoms with van der Waals surface area (Å²) in [6, 6.07) is 13.9. The smallest absolute Gasteiger partial charge is 0.247 e. The van der Waals surface area contributed by atoms with Crippen LogP contribution in [0, 0.1) is 0 Å². The van der Waals surface area contributed by atoms with Gasteiger partial charge in [0.15, 0.2) is 0 Å². The molecule has 0 saturated carbocycles. The quantitative estimate of drug-likeness (QED) is 0.248. The Kier molecular flexibility index (Phi) is 6.93. The van der Waals surface area contributed by atoms with E-state index in [1.54, 1.807) is 18.4 Å². The second-order valence-electron chi connectivity index (χ2n) is 8.08. The van der Waals surface area contributed by atoms with Crippen LogP contribution in [0.3, 0.4) is 0 Å². The van der Waals surface area contributed by atoms with Crippen molar-refractivity contribution >= 4 is 59.1 Å². The van der Waals surface area contributed by atoms with Crippen LogP contribution in [-0.2, 0) is 4.79 Å². The van der Waals surface area contributed by atoms with E-state index in [1.807, 2.05) is 36.5 Å². The van der Waals surface area contributed by atoms with Gasteiger partial charge in [0.25, 0.3) is 0 Å². The molecular formula is C26H26N5O2PS. The van der Waals surface area contributed by atoms with Gasteiger partial charge < -0.3 is 20.3 Å². The summed E-state index contributed by atoms with van der Waals surface area (Å²) in [7, 11) is 2.75. The van der Waals surface area contributed by atoms with Crippen LogP contribution in [0.25, 0.3) is 21.3 Å². The first-order valence-electron chi connectivity index (χ1n) is 11.3. The molecule has 178 valence electrons. The highest BCUT2D eigenvalue weighted by atomic mass is 32.1. The van der Waals surface area contributed by atoms with Crippen molar-refractivity contribution in [1.82, 2.24) is 9.97 Å². The molecule has 1 saturated heterocycles. The molecule has 1 aliphatic heterocycles. The van der Waals surface area contributed by atoms with Gasteiger partial charge in [0, 0.05) is 41.5 Å². The molecule has 0 radical (unpaired) electrons. The fraction of sp³-hybridized carbons (Fsp3) is 0.192. The third-order valence-electron chi connectivity index (χ3n) is 5.85. The molecule has 7 nitrogen and oxygen atoms in total. The van der Waals surface area contributed by atoms with Gasteiger partial charge in [0.1, 0.15) is 5.75 Å². The lowest BCUT2D eigenvalue weighted by molar-refractivity contribution is -0.111. The van der Waals surface area contributed by atoms with Crippen LogP contribution in [0.4, 0.5) is 23.0 Å². The first kappa shape index (κ1) is 23.3. The number of carbonyl (C=O) groups is 1. The molecule has 0 unspecified atom stereocenters. The normalized spacial score (nSPS) is 13.5. The highest BCUT2D eigenvalue weighted by molar-refractivity contribution is 7.38. The molecule has 1 fully saturated rings. The van der Waals surface area contributed by atoms with E-state index >= 15 is 0 Å². The van der Waals surface area contributed by atoms with Crippen molar-refractivity contribution in [2.45, 2.75) is 0 Å². The lowest BCUT2D eigenvalue weighted by Crippen LogP contribution is -2.31. The van der Waals surface area contributed by atoms with E-state index < -0.39 is 0 Å². The number of anilines is 4. The van der Waals surface area contributed by atoms with Crippen LogP contribution in [0.1, 0.15) is 0 Å². The third kappa shape index (κ3) is 5.14. The number of amides is 1. The Morgan fingerprint density at radius 1 is 1.23 bits per heavy atom. The Hall–Kier alpha value is -3.48. The van der Waals surface area contributed by atoms with Crippen LogP contribution in [0.5, 0.6) is 5.75 Å². The van der Waals surface area contributed by atoms with E-state index in [0.29, 0.717) is 11.6 Å². The minimum Gasteiger partial charge on any atom is -0.494 e. The molecule has 9 heteroatoms. The number of fused-ring (bicyclic) bond motifs is 1. The molecule has 4 aromatic rings. The monoisotopic (exact) mass is 503 g/mol. The molecule has 2 N–H and O–H groups in total. The Morgan fingerprint density at radius 3 is 2.89 bits per heavy atom. The maximum atomic E-state index is 11.7. The summed E-state index contributed by atoms with van der Waals surface area (Å²) in [5.41, 5.74) is 5.50. The van der Waals surface area contributed by atoms with Crippen molar-refractivity contribution in [3.63, 3.8) is 0 Å². The van der Waals surface area contributed by atoms with E-state index in [0.717, 1.165) is 54.5 Å². The number of aromatic nitrogens is 2. The predicted octanol–water partition coefficient (Wildman–Crippen LogP) is 5.73. The number of rotatable bonds is 7. The molecule has 0 aliphatic carbocycles. The zero-order chi connectivity index (χ0) is 24.2. The van der Waals surface area contributed by atoms with Gasteiger partial charge in [-0.25, -0.2) is 9.97 Å². The van der Waals surface area contributed by atoms with Crippen LogP contribution >= 0.6 is 19.9 Å². The number of hydrogen-bond acceptors (Lipinski definition) is 7. The fourth-order valence-corrected chi connectivity index (χ4v) is 6.05. The summed E-state index contributed by atoms with van der Waals surface area (Å²) in [6.45, 7) is 5.69. The average Bonchev–Trinajstić information content (AvgIpc) is 3.33. The molecular weight excluding hydrogens is 477 g/mol. The highest BCUT2D eigenvalue weighted by Gasteiger charge is 2.15. The molecule has 3 heterocycles. The first-order chi connectivity index (χ1) is 17.1. The van der Waals surface area contributed by atoms with Crippen LogP contribution in [0.2, 0.25) is 0 Å². The maximum Gasteiger partial charge on any atom is 0.247 e. The van der Waals surface area contributed by atoms with E-state index in [4.69, 9.17) is 9.72 Å². The highest BCUT2D eigenvalue weighted by Crippen LogP contribution is 2.36. The number of nitrogens with one attached hydrogen (secondary N) is 2. The van der Waals surface area contributed by atoms with Crippen molar-refractivity contribution in [2.75, 3.05) is 48.1 Å². The molecule has 1 amide bonds. The van der Waals surface area contributed by atoms with Gasteiger partial charge in [-0.05, 0) is 48.2 Å². The number of carbonyl (C=O) groups excluding carboxylic acids is 1. The number of thiophene rings is 1. The summed E-state index contributed by atoms with van der Waals surface area (Å²) in [5.74, 6) is 1.01. The minimum absolute atomic E-state index is 0.244. The first-order valence-corrected chi connectivity index (χ1v) is 13.6. The van der Waals surface area contributed by atoms with E-state index in [9.17, 15) is 4.79 Å². The largest absolute Gasteiger partial charge is 0.494 e. The molecule has 0 spiro atoms. The van der Waals surface area contributed by atoms with Gasteiger partial charge in [0.2, 0.25) is 11.9 Å². The van der Waals surface area contributed by atoms with Crippen LogP contribution < -0.4 is 20.3 Å².